The minimum Gasteiger partial charge on any atom is -0.439 e. The van der Waals surface area contributed by atoms with E-state index in [9.17, 15) is 0 Å². The first-order valence-corrected chi connectivity index (χ1v) is 7.00. The van der Waals surface area contributed by atoms with Crippen LogP contribution >= 0.6 is 11.6 Å². The first kappa shape index (κ1) is 14.6. The summed E-state index contributed by atoms with van der Waals surface area (Å²) in [5.41, 5.74) is 0.972. The van der Waals surface area contributed by atoms with Gasteiger partial charge < -0.3 is 10.1 Å². The Morgan fingerprint density at radius 3 is 2.70 bits per heavy atom. The van der Waals surface area contributed by atoms with E-state index < -0.39 is 0 Å². The number of halogens is 1. The molecule has 1 N–H and O–H groups in total. The molecule has 1 aromatic carbocycles. The van der Waals surface area contributed by atoms with Crippen molar-refractivity contribution >= 4 is 17.4 Å². The van der Waals surface area contributed by atoms with Crippen molar-refractivity contribution < 1.29 is 4.74 Å². The van der Waals surface area contributed by atoms with Gasteiger partial charge in [0.2, 0.25) is 5.88 Å². The van der Waals surface area contributed by atoms with Crippen LogP contribution in [-0.2, 0) is 0 Å². The van der Waals surface area contributed by atoms with E-state index in [4.69, 9.17) is 16.3 Å². The Balaban J connectivity index is 2.19. The maximum absolute atomic E-state index is 6.00. The van der Waals surface area contributed by atoms with E-state index in [0.29, 0.717) is 17.5 Å². The van der Waals surface area contributed by atoms with Crippen LogP contribution in [0, 0.1) is 13.8 Å². The zero-order chi connectivity index (χ0) is 14.5. The Labute approximate surface area is 124 Å². The fraction of sp³-hybridized carbons (Fsp3) is 0.333. The van der Waals surface area contributed by atoms with E-state index in [0.717, 1.165) is 29.4 Å². The molecule has 0 bridgehead atoms. The van der Waals surface area contributed by atoms with Crippen LogP contribution in [0.3, 0.4) is 0 Å². The van der Waals surface area contributed by atoms with E-state index in [1.807, 2.05) is 32.0 Å². The van der Waals surface area contributed by atoms with Gasteiger partial charge in [0.1, 0.15) is 17.4 Å². The average molecular weight is 292 g/mol. The molecule has 106 valence electrons. The van der Waals surface area contributed by atoms with Crippen LogP contribution < -0.4 is 10.1 Å². The Morgan fingerprint density at radius 1 is 1.20 bits per heavy atom. The van der Waals surface area contributed by atoms with Gasteiger partial charge in [-0.2, -0.15) is 4.98 Å². The van der Waals surface area contributed by atoms with Crippen molar-refractivity contribution in [3.8, 4) is 11.6 Å². The molecule has 0 radical (unpaired) electrons. The summed E-state index contributed by atoms with van der Waals surface area (Å²) < 4.78 is 5.77. The van der Waals surface area contributed by atoms with Crippen molar-refractivity contribution in [1.82, 2.24) is 9.97 Å². The van der Waals surface area contributed by atoms with Crippen LogP contribution in [0.1, 0.15) is 24.7 Å². The van der Waals surface area contributed by atoms with Gasteiger partial charge in [-0.3, -0.25) is 0 Å². The number of aromatic nitrogens is 2. The number of nitrogens with one attached hydrogen (secondary N) is 1. The lowest BCUT2D eigenvalue weighted by atomic mass is 10.2. The Hall–Kier alpha value is -1.81. The Bertz CT molecular complexity index is 602. The fourth-order valence-corrected chi connectivity index (χ4v) is 1.86. The molecule has 0 saturated heterocycles. The third-order valence-electron chi connectivity index (χ3n) is 2.72. The molecular weight excluding hydrogens is 274 g/mol. The number of anilines is 1. The molecule has 20 heavy (non-hydrogen) atoms. The third kappa shape index (κ3) is 3.84. The van der Waals surface area contributed by atoms with Gasteiger partial charge in [-0.15, -0.1) is 0 Å². The van der Waals surface area contributed by atoms with E-state index in [-0.39, 0.29) is 0 Å². The summed E-state index contributed by atoms with van der Waals surface area (Å²) in [5, 5.41) is 3.95. The summed E-state index contributed by atoms with van der Waals surface area (Å²) in [7, 11) is 0. The molecule has 2 aromatic rings. The Kier molecular flexibility index (Phi) is 4.79. The van der Waals surface area contributed by atoms with Gasteiger partial charge in [0, 0.05) is 17.6 Å². The van der Waals surface area contributed by atoms with Gasteiger partial charge in [0.15, 0.2) is 0 Å². The van der Waals surface area contributed by atoms with Gasteiger partial charge in [-0.1, -0.05) is 18.5 Å². The maximum atomic E-state index is 6.00. The number of hydrogen-bond donors (Lipinski definition) is 1. The van der Waals surface area contributed by atoms with Gasteiger partial charge in [0.05, 0.1) is 0 Å². The van der Waals surface area contributed by atoms with Gasteiger partial charge in [-0.05, 0) is 44.0 Å². The zero-order valence-electron chi connectivity index (χ0n) is 11.9. The smallest absolute Gasteiger partial charge is 0.224 e. The predicted molar refractivity (Wildman–Crippen MR) is 81.8 cm³/mol. The molecule has 1 aromatic heterocycles. The highest BCUT2D eigenvalue weighted by Gasteiger charge is 2.05. The molecule has 4 nitrogen and oxygen atoms in total. The van der Waals surface area contributed by atoms with Crippen LogP contribution in [0.2, 0.25) is 5.02 Å². The lowest BCUT2D eigenvalue weighted by Gasteiger charge is -2.09. The van der Waals surface area contributed by atoms with Crippen molar-refractivity contribution in [1.29, 1.82) is 0 Å². The quantitative estimate of drug-likeness (QED) is 0.889. The molecule has 0 saturated carbocycles. The topological polar surface area (TPSA) is 47.0 Å². The molecule has 0 spiro atoms. The molecule has 0 fully saturated rings. The summed E-state index contributed by atoms with van der Waals surface area (Å²) >= 11 is 6.00. The number of aryl methyl sites for hydroxylation is 2. The number of benzene rings is 1. The lowest BCUT2D eigenvalue weighted by molar-refractivity contribution is 0.460. The van der Waals surface area contributed by atoms with Gasteiger partial charge in [-0.25, -0.2) is 4.98 Å². The van der Waals surface area contributed by atoms with E-state index in [1.165, 1.54) is 0 Å². The molecular formula is C15H18ClN3O. The van der Waals surface area contributed by atoms with Crippen molar-refractivity contribution in [2.45, 2.75) is 27.2 Å². The first-order chi connectivity index (χ1) is 9.58. The SMILES string of the molecule is CCCNc1cc(Oc2ccc(Cl)c(C)c2)nc(C)n1. The minimum absolute atomic E-state index is 0.526. The highest BCUT2D eigenvalue weighted by molar-refractivity contribution is 6.31. The summed E-state index contributed by atoms with van der Waals surface area (Å²) in [6.07, 6.45) is 1.04. The maximum Gasteiger partial charge on any atom is 0.224 e. The van der Waals surface area contributed by atoms with Gasteiger partial charge >= 0.3 is 0 Å². The third-order valence-corrected chi connectivity index (χ3v) is 3.15. The van der Waals surface area contributed by atoms with Crippen LogP contribution in [0.15, 0.2) is 24.3 Å². The summed E-state index contributed by atoms with van der Waals surface area (Å²) in [6, 6.07) is 7.33. The molecule has 0 aliphatic heterocycles. The van der Waals surface area contributed by atoms with Crippen molar-refractivity contribution in [2.75, 3.05) is 11.9 Å². The number of rotatable bonds is 5. The summed E-state index contributed by atoms with van der Waals surface area (Å²) in [5.74, 6) is 2.69. The zero-order valence-corrected chi connectivity index (χ0v) is 12.7. The number of ether oxygens (including phenoxy) is 1. The van der Waals surface area contributed by atoms with Crippen LogP contribution in [0.4, 0.5) is 5.82 Å². The van der Waals surface area contributed by atoms with Crippen molar-refractivity contribution in [2.24, 2.45) is 0 Å². The van der Waals surface area contributed by atoms with E-state index in [1.54, 1.807) is 6.07 Å². The highest BCUT2D eigenvalue weighted by atomic mass is 35.5. The minimum atomic E-state index is 0.526. The molecule has 0 aliphatic rings. The lowest BCUT2D eigenvalue weighted by Crippen LogP contribution is -2.04. The molecule has 0 amide bonds. The number of hydrogen-bond acceptors (Lipinski definition) is 4. The summed E-state index contributed by atoms with van der Waals surface area (Å²) in [4.78, 5) is 8.60. The normalized spacial score (nSPS) is 10.4. The largest absolute Gasteiger partial charge is 0.439 e. The standard InChI is InChI=1S/C15H18ClN3O/c1-4-7-17-14-9-15(19-11(3)18-14)20-12-5-6-13(16)10(2)8-12/h5-6,8-9H,4,7H2,1-3H3,(H,17,18,19). The molecule has 5 heteroatoms. The van der Waals surface area contributed by atoms with Crippen LogP contribution in [0.25, 0.3) is 0 Å². The highest BCUT2D eigenvalue weighted by Crippen LogP contribution is 2.25. The fourth-order valence-electron chi connectivity index (χ4n) is 1.74. The van der Waals surface area contributed by atoms with E-state index >= 15 is 0 Å². The first-order valence-electron chi connectivity index (χ1n) is 6.62. The molecule has 0 atom stereocenters. The Morgan fingerprint density at radius 2 is 2.00 bits per heavy atom. The van der Waals surface area contributed by atoms with Crippen molar-refractivity contribution in [3.05, 3.63) is 40.7 Å². The molecule has 1 heterocycles. The van der Waals surface area contributed by atoms with Gasteiger partial charge in [0.25, 0.3) is 0 Å². The second kappa shape index (κ2) is 6.57. The monoisotopic (exact) mass is 291 g/mol. The average Bonchev–Trinajstić information content (AvgIpc) is 2.40. The van der Waals surface area contributed by atoms with Crippen molar-refractivity contribution in [3.63, 3.8) is 0 Å². The van der Waals surface area contributed by atoms with E-state index in [2.05, 4.69) is 22.2 Å². The van der Waals surface area contributed by atoms with Crippen LogP contribution in [0.5, 0.6) is 11.6 Å². The predicted octanol–water partition coefficient (Wildman–Crippen LogP) is 4.36. The second-order valence-electron chi connectivity index (χ2n) is 4.58. The molecule has 0 aliphatic carbocycles. The van der Waals surface area contributed by atoms with Crippen LogP contribution in [-0.4, -0.2) is 16.5 Å². The molecule has 0 unspecified atom stereocenters. The number of nitrogens with zero attached hydrogens (tertiary/aromatic N) is 2. The molecule has 2 rings (SSSR count). The summed E-state index contributed by atoms with van der Waals surface area (Å²) in [6.45, 7) is 6.76. The second-order valence-corrected chi connectivity index (χ2v) is 4.99.